The Labute approximate surface area is 174 Å². The van der Waals surface area contributed by atoms with Gasteiger partial charge in [-0.2, -0.15) is 0 Å². The molecule has 2 amide bonds. The van der Waals surface area contributed by atoms with E-state index in [4.69, 9.17) is 11.6 Å². The molecule has 2 aliphatic heterocycles. The summed E-state index contributed by atoms with van der Waals surface area (Å²) in [6.07, 6.45) is 4.68. The molecule has 2 aliphatic rings. The molecule has 0 N–H and O–H groups in total. The van der Waals surface area contributed by atoms with Crippen LogP contribution in [-0.4, -0.2) is 72.3 Å². The van der Waals surface area contributed by atoms with Gasteiger partial charge in [-0.25, -0.2) is 0 Å². The molecule has 2 aromatic rings. The smallest absolute Gasteiger partial charge is 0.265 e. The largest absolute Gasteiger partial charge is 0.342 e. The third kappa shape index (κ3) is 4.19. The Hall–Kier alpha value is -1.63. The summed E-state index contributed by atoms with van der Waals surface area (Å²) in [5, 5.41) is 1.50. The van der Waals surface area contributed by atoms with Gasteiger partial charge in [0.15, 0.2) is 0 Å². The van der Waals surface area contributed by atoms with Crippen LogP contribution in [0.1, 0.15) is 35.4 Å². The van der Waals surface area contributed by atoms with Gasteiger partial charge < -0.3 is 9.80 Å². The zero-order chi connectivity index (χ0) is 19.5. The molecule has 5 nitrogen and oxygen atoms in total. The number of rotatable bonds is 3. The minimum atomic E-state index is 0.00435. The first-order valence-corrected chi connectivity index (χ1v) is 11.3. The summed E-state index contributed by atoms with van der Waals surface area (Å²) >= 11 is 7.93. The van der Waals surface area contributed by atoms with Gasteiger partial charge in [0.1, 0.15) is 4.88 Å². The topological polar surface area (TPSA) is 43.9 Å². The molecule has 0 bridgehead atoms. The Balaban J connectivity index is 1.33. The fraction of sp³-hybridized carbons (Fsp3) is 0.524. The zero-order valence-electron chi connectivity index (χ0n) is 16.0. The number of halogens is 1. The minimum Gasteiger partial charge on any atom is -0.342 e. The number of carbonyl (C=O) groups is 2. The molecule has 0 atom stereocenters. The highest BCUT2D eigenvalue weighted by Gasteiger charge is 2.27. The predicted octanol–water partition coefficient (Wildman–Crippen LogP) is 3.72. The van der Waals surface area contributed by atoms with Gasteiger partial charge in [-0.15, -0.1) is 11.3 Å². The van der Waals surface area contributed by atoms with Gasteiger partial charge in [-0.3, -0.25) is 14.5 Å². The third-order valence-corrected chi connectivity index (χ3v) is 7.37. The minimum absolute atomic E-state index is 0.00435. The quantitative estimate of drug-likeness (QED) is 0.761. The fourth-order valence-corrected chi connectivity index (χ4v) is 5.50. The van der Waals surface area contributed by atoms with E-state index < -0.39 is 0 Å². The van der Waals surface area contributed by atoms with Gasteiger partial charge >= 0.3 is 0 Å². The van der Waals surface area contributed by atoms with Gasteiger partial charge in [-0.1, -0.05) is 42.6 Å². The molecule has 2 fully saturated rings. The van der Waals surface area contributed by atoms with Crippen LogP contribution in [0, 0.1) is 0 Å². The second-order valence-corrected chi connectivity index (χ2v) is 9.03. The maximum absolute atomic E-state index is 13.0. The lowest BCUT2D eigenvalue weighted by molar-refractivity contribution is -0.132. The number of nitrogens with zero attached hydrogens (tertiary/aromatic N) is 3. The van der Waals surface area contributed by atoms with Gasteiger partial charge in [0, 0.05) is 49.4 Å². The summed E-state index contributed by atoms with van der Waals surface area (Å²) < 4.78 is 1.04. The lowest BCUT2D eigenvalue weighted by atomic mass is 10.2. The fourth-order valence-electron chi connectivity index (χ4n) is 4.02. The average Bonchev–Trinajstić information content (AvgIpc) is 2.89. The summed E-state index contributed by atoms with van der Waals surface area (Å²) in [7, 11) is 0. The van der Waals surface area contributed by atoms with Crippen molar-refractivity contribution in [2.75, 3.05) is 45.8 Å². The van der Waals surface area contributed by atoms with Gasteiger partial charge in [-0.05, 0) is 18.9 Å². The lowest BCUT2D eigenvalue weighted by Gasteiger charge is -2.35. The van der Waals surface area contributed by atoms with E-state index in [-0.39, 0.29) is 11.8 Å². The van der Waals surface area contributed by atoms with Crippen molar-refractivity contribution in [2.24, 2.45) is 0 Å². The highest BCUT2D eigenvalue weighted by Crippen LogP contribution is 2.36. The molecule has 0 unspecified atom stereocenters. The molecule has 3 heterocycles. The van der Waals surface area contributed by atoms with Crippen LogP contribution < -0.4 is 0 Å². The first kappa shape index (κ1) is 19.7. The molecule has 2 saturated heterocycles. The van der Waals surface area contributed by atoms with Gasteiger partial charge in [0.25, 0.3) is 5.91 Å². The molecule has 28 heavy (non-hydrogen) atoms. The number of likely N-dealkylation sites (tertiary alicyclic amines) is 1. The molecular weight excluding hydrogens is 394 g/mol. The monoisotopic (exact) mass is 419 g/mol. The highest BCUT2D eigenvalue weighted by atomic mass is 35.5. The van der Waals surface area contributed by atoms with Crippen LogP contribution in [0.3, 0.4) is 0 Å². The van der Waals surface area contributed by atoms with Crippen molar-refractivity contribution in [2.45, 2.75) is 25.7 Å². The van der Waals surface area contributed by atoms with Crippen molar-refractivity contribution in [3.8, 4) is 0 Å². The first-order valence-electron chi connectivity index (χ1n) is 10.1. The molecule has 1 aromatic carbocycles. The maximum atomic E-state index is 13.0. The molecule has 0 aliphatic carbocycles. The van der Waals surface area contributed by atoms with Gasteiger partial charge in [0.2, 0.25) is 5.91 Å². The Morgan fingerprint density at radius 3 is 2.25 bits per heavy atom. The number of piperazine rings is 1. The van der Waals surface area contributed by atoms with E-state index in [0.29, 0.717) is 29.5 Å². The van der Waals surface area contributed by atoms with E-state index >= 15 is 0 Å². The Morgan fingerprint density at radius 2 is 1.57 bits per heavy atom. The molecule has 1 aromatic heterocycles. The standard InChI is InChI=1S/C21H26ClN3O2S/c22-19-16-7-3-4-8-17(16)28-20(19)21(27)25-13-11-23(12-14-25)15-18(26)24-9-5-1-2-6-10-24/h3-4,7-8H,1-2,5-6,9-15H2. The van der Waals surface area contributed by atoms with Crippen LogP contribution in [0.5, 0.6) is 0 Å². The van der Waals surface area contributed by atoms with E-state index in [1.54, 1.807) is 0 Å². The average molecular weight is 420 g/mol. The van der Waals surface area contributed by atoms with E-state index in [1.807, 2.05) is 34.1 Å². The summed E-state index contributed by atoms with van der Waals surface area (Å²) in [6.45, 7) is 4.98. The van der Waals surface area contributed by atoms with Crippen LogP contribution in [-0.2, 0) is 4.79 Å². The SMILES string of the molecule is O=C(CN1CCN(C(=O)c2sc3ccccc3c2Cl)CC1)N1CCCCCC1. The predicted molar refractivity (Wildman–Crippen MR) is 114 cm³/mol. The van der Waals surface area contributed by atoms with Gasteiger partial charge in [0.05, 0.1) is 11.6 Å². The summed E-state index contributed by atoms with van der Waals surface area (Å²) in [6, 6.07) is 7.85. The van der Waals surface area contributed by atoms with Crippen LogP contribution in [0.4, 0.5) is 0 Å². The van der Waals surface area contributed by atoms with Crippen molar-refractivity contribution in [1.29, 1.82) is 0 Å². The molecule has 0 radical (unpaired) electrons. The molecule has 150 valence electrons. The normalized spacial score (nSPS) is 19.0. The summed E-state index contributed by atoms with van der Waals surface area (Å²) in [4.78, 5) is 32.2. The summed E-state index contributed by atoms with van der Waals surface area (Å²) in [5.74, 6) is 0.235. The Morgan fingerprint density at radius 1 is 0.893 bits per heavy atom. The second kappa shape index (κ2) is 8.80. The highest BCUT2D eigenvalue weighted by molar-refractivity contribution is 7.21. The van der Waals surface area contributed by atoms with E-state index in [9.17, 15) is 9.59 Å². The number of carbonyl (C=O) groups excluding carboxylic acids is 2. The van der Waals surface area contributed by atoms with Crippen molar-refractivity contribution in [3.63, 3.8) is 0 Å². The molecule has 0 spiro atoms. The van der Waals surface area contributed by atoms with E-state index in [2.05, 4.69) is 4.90 Å². The van der Waals surface area contributed by atoms with Crippen LogP contribution >= 0.6 is 22.9 Å². The number of amides is 2. The van der Waals surface area contributed by atoms with E-state index in [0.717, 1.165) is 49.1 Å². The number of thiophene rings is 1. The maximum Gasteiger partial charge on any atom is 0.265 e. The summed E-state index contributed by atoms with van der Waals surface area (Å²) in [5.41, 5.74) is 0. The lowest BCUT2D eigenvalue weighted by Crippen LogP contribution is -2.51. The second-order valence-electron chi connectivity index (χ2n) is 7.60. The van der Waals surface area contributed by atoms with Crippen molar-refractivity contribution >= 4 is 44.8 Å². The molecule has 7 heteroatoms. The molecule has 0 saturated carbocycles. The first-order chi connectivity index (χ1) is 13.6. The van der Waals surface area contributed by atoms with Crippen molar-refractivity contribution < 1.29 is 9.59 Å². The number of fused-ring (bicyclic) bond motifs is 1. The van der Waals surface area contributed by atoms with Crippen LogP contribution in [0.15, 0.2) is 24.3 Å². The van der Waals surface area contributed by atoms with Crippen LogP contribution in [0.2, 0.25) is 5.02 Å². The Bertz CT molecular complexity index is 852. The van der Waals surface area contributed by atoms with Crippen molar-refractivity contribution in [1.82, 2.24) is 14.7 Å². The van der Waals surface area contributed by atoms with E-state index in [1.165, 1.54) is 24.2 Å². The number of benzene rings is 1. The Kier molecular flexibility index (Phi) is 6.19. The molecular formula is C21H26ClN3O2S. The van der Waals surface area contributed by atoms with Crippen molar-refractivity contribution in [3.05, 3.63) is 34.2 Å². The number of hydrogen-bond acceptors (Lipinski definition) is 4. The number of hydrogen-bond donors (Lipinski definition) is 0. The molecule has 4 rings (SSSR count). The zero-order valence-corrected chi connectivity index (χ0v) is 17.6. The third-order valence-electron chi connectivity index (χ3n) is 5.71. The van der Waals surface area contributed by atoms with Crippen LogP contribution in [0.25, 0.3) is 10.1 Å².